The van der Waals surface area contributed by atoms with Crippen LogP contribution in [0.2, 0.25) is 0 Å². The van der Waals surface area contributed by atoms with Crippen LogP contribution in [-0.4, -0.2) is 43.7 Å². The van der Waals surface area contributed by atoms with E-state index in [-0.39, 0.29) is 36.5 Å². The van der Waals surface area contributed by atoms with Gasteiger partial charge in [-0.2, -0.15) is 8.78 Å². The lowest BCUT2D eigenvalue weighted by Gasteiger charge is -2.40. The van der Waals surface area contributed by atoms with Crippen molar-refractivity contribution in [3.05, 3.63) is 77.4 Å². The Bertz CT molecular complexity index is 1090. The summed E-state index contributed by atoms with van der Waals surface area (Å²) < 4.78 is 45.0. The van der Waals surface area contributed by atoms with Gasteiger partial charge >= 0.3 is 23.8 Å². The van der Waals surface area contributed by atoms with Crippen molar-refractivity contribution < 1.29 is 37.4 Å². The minimum atomic E-state index is -3.82. The zero-order valence-electron chi connectivity index (χ0n) is 19.9. The van der Waals surface area contributed by atoms with Crippen molar-refractivity contribution in [3.63, 3.8) is 0 Å². The second kappa shape index (κ2) is 10.8. The van der Waals surface area contributed by atoms with Crippen LogP contribution in [0.4, 0.5) is 8.78 Å². The Morgan fingerprint density at radius 1 is 0.829 bits per heavy atom. The van der Waals surface area contributed by atoms with E-state index in [1.807, 2.05) is 0 Å². The van der Waals surface area contributed by atoms with E-state index < -0.39 is 41.6 Å². The molecule has 0 aromatic heterocycles. The highest BCUT2D eigenvalue weighted by atomic mass is 19.3. The van der Waals surface area contributed by atoms with E-state index in [1.165, 1.54) is 25.1 Å². The van der Waals surface area contributed by atoms with Crippen LogP contribution >= 0.6 is 0 Å². The number of hydrogen-bond donors (Lipinski definition) is 0. The molecule has 6 nitrogen and oxygen atoms in total. The maximum Gasteiger partial charge on any atom is 0.377 e. The number of carbonyl (C=O) groups excluding carboxylic acids is 3. The molecule has 3 rings (SSSR count). The van der Waals surface area contributed by atoms with Crippen molar-refractivity contribution in [3.8, 4) is 0 Å². The van der Waals surface area contributed by atoms with Gasteiger partial charge in [-0.3, -0.25) is 9.59 Å². The van der Waals surface area contributed by atoms with Gasteiger partial charge in [0.25, 0.3) is 0 Å². The van der Waals surface area contributed by atoms with Gasteiger partial charge in [-0.15, -0.1) is 0 Å². The van der Waals surface area contributed by atoms with E-state index >= 15 is 0 Å². The van der Waals surface area contributed by atoms with Crippen molar-refractivity contribution in [2.75, 3.05) is 19.8 Å². The predicted octanol–water partition coefficient (Wildman–Crippen LogP) is 4.82. The molecule has 0 heterocycles. The average Bonchev–Trinajstić information content (AvgIpc) is 2.84. The zero-order chi connectivity index (χ0) is 25.6. The number of hydrogen-bond acceptors (Lipinski definition) is 6. The molecule has 0 spiro atoms. The Labute approximate surface area is 202 Å². The Kier molecular flexibility index (Phi) is 8.04. The Balaban J connectivity index is 2.32. The van der Waals surface area contributed by atoms with Crippen LogP contribution in [0.25, 0.3) is 5.57 Å². The summed E-state index contributed by atoms with van der Waals surface area (Å²) >= 11 is 0. The number of halogens is 2. The Morgan fingerprint density at radius 3 is 1.94 bits per heavy atom. The number of alkyl halides is 2. The van der Waals surface area contributed by atoms with E-state index in [4.69, 9.17) is 9.47 Å². The van der Waals surface area contributed by atoms with Crippen LogP contribution in [0.5, 0.6) is 0 Å². The molecule has 0 fully saturated rings. The van der Waals surface area contributed by atoms with Gasteiger partial charge in [-0.05, 0) is 43.0 Å². The SMILES string of the molecule is CCOC(=O)C(F)(F)CC1=CC(c2ccccc2)C(C(=O)OCC)(C(=O)OCC)c2ccccc21. The second-order valence-electron chi connectivity index (χ2n) is 7.98. The monoisotopic (exact) mass is 486 g/mol. The maximum atomic E-state index is 14.9. The minimum Gasteiger partial charge on any atom is -0.465 e. The van der Waals surface area contributed by atoms with Crippen LogP contribution in [-0.2, 0) is 34.0 Å². The lowest BCUT2D eigenvalue weighted by Crippen LogP contribution is -2.52. The summed E-state index contributed by atoms with van der Waals surface area (Å²) in [5.74, 6) is -8.16. The van der Waals surface area contributed by atoms with E-state index in [0.717, 1.165) is 0 Å². The number of allylic oxidation sites excluding steroid dienone is 2. The molecule has 8 heteroatoms. The topological polar surface area (TPSA) is 78.9 Å². The van der Waals surface area contributed by atoms with Gasteiger partial charge in [0.15, 0.2) is 0 Å². The number of rotatable bonds is 9. The highest BCUT2D eigenvalue weighted by Crippen LogP contribution is 2.51. The fourth-order valence-corrected chi connectivity index (χ4v) is 4.45. The number of esters is 3. The molecule has 0 amide bonds. The van der Waals surface area contributed by atoms with E-state index in [9.17, 15) is 23.2 Å². The van der Waals surface area contributed by atoms with Crippen LogP contribution in [0.1, 0.15) is 49.8 Å². The van der Waals surface area contributed by atoms with Gasteiger partial charge < -0.3 is 14.2 Å². The number of ether oxygens (including phenoxy) is 3. The first-order valence-electron chi connectivity index (χ1n) is 11.5. The molecule has 1 unspecified atom stereocenters. The van der Waals surface area contributed by atoms with Crippen LogP contribution in [0.15, 0.2) is 60.7 Å². The summed E-state index contributed by atoms with van der Waals surface area (Å²) in [5, 5.41) is 0. The molecule has 0 saturated carbocycles. The summed E-state index contributed by atoms with van der Waals surface area (Å²) in [6.07, 6.45) is 0.479. The molecule has 0 saturated heterocycles. The van der Waals surface area contributed by atoms with Gasteiger partial charge in [0.2, 0.25) is 5.41 Å². The smallest absolute Gasteiger partial charge is 0.377 e. The van der Waals surface area contributed by atoms with Crippen LogP contribution < -0.4 is 0 Å². The Morgan fingerprint density at radius 2 is 1.37 bits per heavy atom. The van der Waals surface area contributed by atoms with Gasteiger partial charge in [0.05, 0.1) is 19.8 Å². The van der Waals surface area contributed by atoms with Gasteiger partial charge in [0.1, 0.15) is 0 Å². The summed E-state index contributed by atoms with van der Waals surface area (Å²) in [5.41, 5.74) is -0.906. The molecule has 0 aliphatic heterocycles. The lowest BCUT2D eigenvalue weighted by atomic mass is 9.61. The van der Waals surface area contributed by atoms with Gasteiger partial charge in [-0.1, -0.05) is 60.7 Å². The first-order chi connectivity index (χ1) is 16.7. The predicted molar refractivity (Wildman–Crippen MR) is 125 cm³/mol. The lowest BCUT2D eigenvalue weighted by molar-refractivity contribution is -0.170. The third kappa shape index (κ3) is 4.83. The largest absolute Gasteiger partial charge is 0.465 e. The fourth-order valence-electron chi connectivity index (χ4n) is 4.45. The number of benzene rings is 2. The van der Waals surface area contributed by atoms with Gasteiger partial charge in [-0.25, -0.2) is 4.79 Å². The second-order valence-corrected chi connectivity index (χ2v) is 7.98. The molecule has 1 atom stereocenters. The van der Waals surface area contributed by atoms with E-state index in [1.54, 1.807) is 56.3 Å². The van der Waals surface area contributed by atoms with E-state index in [0.29, 0.717) is 5.56 Å². The molecule has 0 N–H and O–H groups in total. The summed E-state index contributed by atoms with van der Waals surface area (Å²) in [6.45, 7) is 4.49. The van der Waals surface area contributed by atoms with Crippen LogP contribution in [0.3, 0.4) is 0 Å². The maximum absolute atomic E-state index is 14.9. The van der Waals surface area contributed by atoms with Crippen molar-refractivity contribution >= 4 is 23.5 Å². The standard InChI is InChI=1S/C27H28F2O6/c1-4-33-23(30)26(28,29)17-19-16-22(18-12-8-7-9-13-18)27(24(31)34-5-2,25(32)35-6-3)21-15-11-10-14-20(19)21/h7-16,22H,4-6,17H2,1-3H3. The van der Waals surface area contributed by atoms with E-state index in [2.05, 4.69) is 4.74 Å². The fraction of sp³-hybridized carbons (Fsp3) is 0.370. The highest BCUT2D eigenvalue weighted by Gasteiger charge is 2.59. The molecule has 35 heavy (non-hydrogen) atoms. The first kappa shape index (κ1) is 26.1. The van der Waals surface area contributed by atoms with Crippen molar-refractivity contribution in [1.29, 1.82) is 0 Å². The molecule has 0 radical (unpaired) electrons. The minimum absolute atomic E-state index is 0.00116. The zero-order valence-corrected chi connectivity index (χ0v) is 19.9. The molecule has 1 aliphatic rings. The first-order valence-corrected chi connectivity index (χ1v) is 11.5. The Hall–Kier alpha value is -3.55. The molecule has 2 aromatic carbocycles. The molecular weight excluding hydrogens is 458 g/mol. The third-order valence-electron chi connectivity index (χ3n) is 5.87. The number of carbonyl (C=O) groups is 3. The molecular formula is C27H28F2O6. The quantitative estimate of drug-likeness (QED) is 0.287. The molecule has 1 aliphatic carbocycles. The average molecular weight is 487 g/mol. The van der Waals surface area contributed by atoms with Crippen LogP contribution in [0, 0.1) is 0 Å². The summed E-state index contributed by atoms with van der Waals surface area (Å²) in [6, 6.07) is 14.9. The van der Waals surface area contributed by atoms with Crippen molar-refractivity contribution in [1.82, 2.24) is 0 Å². The number of fused-ring (bicyclic) bond motifs is 1. The van der Waals surface area contributed by atoms with Crippen molar-refractivity contribution in [2.24, 2.45) is 0 Å². The molecule has 186 valence electrons. The van der Waals surface area contributed by atoms with Crippen molar-refractivity contribution in [2.45, 2.75) is 44.4 Å². The highest BCUT2D eigenvalue weighted by molar-refractivity contribution is 6.10. The summed E-state index contributed by atoms with van der Waals surface area (Å²) in [4.78, 5) is 39.2. The third-order valence-corrected chi connectivity index (χ3v) is 5.87. The normalized spacial score (nSPS) is 16.5. The van der Waals surface area contributed by atoms with Gasteiger partial charge in [0, 0.05) is 12.3 Å². The molecule has 0 bridgehead atoms. The summed E-state index contributed by atoms with van der Waals surface area (Å²) in [7, 11) is 0. The molecule has 2 aromatic rings.